The van der Waals surface area contributed by atoms with Crippen LogP contribution in [0, 0.1) is 11.3 Å². The zero-order chi connectivity index (χ0) is 29.2. The van der Waals surface area contributed by atoms with E-state index in [-0.39, 0.29) is 42.1 Å². The number of hydrogen-bond donors (Lipinski definition) is 1. The Bertz CT molecular complexity index is 1500. The standard InChI is InChI=1S/C32H35Cl2N3O3S/c1-3-16-32(2)19-28(24-7-6-8-26(34)18-24)30(23-12-14-25(33)15-13-23)37(31(32)38)29(22-10-11-22)20-36-41(39,40)21-27-9-4-5-17-35-27/h3-9,12-15,17-18,22,28-30,36H,1,10-11,16,19-21H2,2H3/t28?,29-,30-,32+/m1/s1. The van der Waals surface area contributed by atoms with Gasteiger partial charge in [0.1, 0.15) is 5.75 Å². The summed E-state index contributed by atoms with van der Waals surface area (Å²) in [6, 6.07) is 20.0. The highest BCUT2D eigenvalue weighted by Gasteiger charge is 2.53. The third-order valence-corrected chi connectivity index (χ3v) is 10.1. The molecular weight excluding hydrogens is 577 g/mol. The molecule has 1 aliphatic carbocycles. The van der Waals surface area contributed by atoms with Crippen LogP contribution in [0.15, 0.2) is 85.6 Å². The van der Waals surface area contributed by atoms with Crippen molar-refractivity contribution in [3.63, 3.8) is 0 Å². The third-order valence-electron chi connectivity index (χ3n) is 8.29. The highest BCUT2D eigenvalue weighted by molar-refractivity contribution is 7.88. The Morgan fingerprint density at radius 1 is 1.07 bits per heavy atom. The van der Waals surface area contributed by atoms with Crippen molar-refractivity contribution < 1.29 is 13.2 Å². The second-order valence-electron chi connectivity index (χ2n) is 11.5. The smallest absolute Gasteiger partial charge is 0.229 e. The van der Waals surface area contributed by atoms with Crippen molar-refractivity contribution in [3.05, 3.63) is 112 Å². The van der Waals surface area contributed by atoms with Crippen molar-refractivity contribution in [3.8, 4) is 0 Å². The van der Waals surface area contributed by atoms with E-state index in [0.29, 0.717) is 28.6 Å². The molecule has 6 nitrogen and oxygen atoms in total. The second kappa shape index (κ2) is 12.3. The van der Waals surface area contributed by atoms with Gasteiger partial charge in [-0.2, -0.15) is 0 Å². The van der Waals surface area contributed by atoms with Gasteiger partial charge in [0.25, 0.3) is 0 Å². The van der Waals surface area contributed by atoms with Gasteiger partial charge >= 0.3 is 0 Å². The lowest BCUT2D eigenvalue weighted by Gasteiger charge is -2.52. The summed E-state index contributed by atoms with van der Waals surface area (Å²) in [5.41, 5.74) is 1.75. The van der Waals surface area contributed by atoms with Crippen LogP contribution in [0.2, 0.25) is 10.0 Å². The summed E-state index contributed by atoms with van der Waals surface area (Å²) < 4.78 is 29.1. The number of hydrogen-bond acceptors (Lipinski definition) is 4. The van der Waals surface area contributed by atoms with Crippen LogP contribution >= 0.6 is 23.2 Å². The molecule has 9 heteroatoms. The normalized spacial score (nSPS) is 23.8. The van der Waals surface area contributed by atoms with Crippen molar-refractivity contribution in [1.82, 2.24) is 14.6 Å². The quantitative estimate of drug-likeness (QED) is 0.238. The molecule has 4 atom stereocenters. The topological polar surface area (TPSA) is 79.4 Å². The van der Waals surface area contributed by atoms with Gasteiger partial charge in [0.2, 0.25) is 15.9 Å². The van der Waals surface area contributed by atoms with Gasteiger partial charge in [-0.1, -0.05) is 66.5 Å². The van der Waals surface area contributed by atoms with Crippen LogP contribution in [0.25, 0.3) is 0 Å². The Hall–Kier alpha value is -2.71. The second-order valence-corrected chi connectivity index (χ2v) is 14.1. The number of rotatable bonds is 11. The number of likely N-dealkylation sites (tertiary alicyclic amines) is 1. The average molecular weight is 613 g/mol. The van der Waals surface area contributed by atoms with Crippen molar-refractivity contribution in [2.45, 2.75) is 56.4 Å². The molecule has 2 heterocycles. The van der Waals surface area contributed by atoms with Gasteiger partial charge in [-0.15, -0.1) is 6.58 Å². The summed E-state index contributed by atoms with van der Waals surface area (Å²) in [4.78, 5) is 20.7. The summed E-state index contributed by atoms with van der Waals surface area (Å²) in [5, 5.41) is 1.24. The zero-order valence-electron chi connectivity index (χ0n) is 23.0. The molecule has 1 aromatic heterocycles. The van der Waals surface area contributed by atoms with E-state index in [0.717, 1.165) is 24.0 Å². The molecule has 216 valence electrons. The number of aromatic nitrogens is 1. The number of nitrogens with zero attached hydrogens (tertiary/aromatic N) is 2. The van der Waals surface area contributed by atoms with Crippen LogP contribution in [0.4, 0.5) is 0 Å². The molecule has 0 radical (unpaired) electrons. The van der Waals surface area contributed by atoms with Crippen LogP contribution in [-0.2, 0) is 20.6 Å². The first-order valence-corrected chi connectivity index (χ1v) is 16.3. The Morgan fingerprint density at radius 2 is 1.83 bits per heavy atom. The van der Waals surface area contributed by atoms with Crippen molar-refractivity contribution in [1.29, 1.82) is 0 Å². The van der Waals surface area contributed by atoms with E-state index in [9.17, 15) is 13.2 Å². The number of allylic oxidation sites excluding steroid dienone is 1. The van der Waals surface area contributed by atoms with E-state index >= 15 is 0 Å². The van der Waals surface area contributed by atoms with E-state index in [1.54, 1.807) is 30.5 Å². The number of amides is 1. The van der Waals surface area contributed by atoms with E-state index < -0.39 is 15.4 Å². The predicted octanol–water partition coefficient (Wildman–Crippen LogP) is 6.93. The first kappa shape index (κ1) is 29.8. The molecule has 2 aromatic carbocycles. The minimum atomic E-state index is -3.69. The van der Waals surface area contributed by atoms with Crippen LogP contribution in [0.3, 0.4) is 0 Å². The largest absolute Gasteiger partial charge is 0.330 e. The number of halogens is 2. The predicted molar refractivity (Wildman–Crippen MR) is 164 cm³/mol. The molecule has 1 N–H and O–H groups in total. The molecular formula is C32H35Cl2N3O3S. The number of piperidine rings is 1. The Balaban J connectivity index is 1.56. The Labute approximate surface area is 252 Å². The summed E-state index contributed by atoms with van der Waals surface area (Å²) in [5.74, 6) is -0.100. The lowest BCUT2D eigenvalue weighted by atomic mass is 9.67. The molecule has 5 rings (SSSR count). The number of nitrogens with one attached hydrogen (secondary N) is 1. The first-order valence-electron chi connectivity index (χ1n) is 13.9. The zero-order valence-corrected chi connectivity index (χ0v) is 25.4. The lowest BCUT2D eigenvalue weighted by Crippen LogP contribution is -2.58. The molecule has 41 heavy (non-hydrogen) atoms. The fourth-order valence-electron chi connectivity index (χ4n) is 6.17. The monoisotopic (exact) mass is 611 g/mol. The van der Waals surface area contributed by atoms with Gasteiger partial charge in [0.15, 0.2) is 0 Å². The minimum absolute atomic E-state index is 0.0106. The lowest BCUT2D eigenvalue weighted by molar-refractivity contribution is -0.155. The van der Waals surface area contributed by atoms with Crippen molar-refractivity contribution in [2.24, 2.45) is 11.3 Å². The van der Waals surface area contributed by atoms with E-state index in [1.807, 2.05) is 54.3 Å². The molecule has 0 spiro atoms. The minimum Gasteiger partial charge on any atom is -0.330 e. The van der Waals surface area contributed by atoms with Crippen molar-refractivity contribution in [2.75, 3.05) is 6.54 Å². The molecule has 1 unspecified atom stereocenters. The highest BCUT2D eigenvalue weighted by atomic mass is 35.5. The molecule has 1 saturated heterocycles. The van der Waals surface area contributed by atoms with Gasteiger partial charge in [-0.25, -0.2) is 13.1 Å². The maximum absolute atomic E-state index is 14.6. The maximum Gasteiger partial charge on any atom is 0.229 e. The Morgan fingerprint density at radius 3 is 2.46 bits per heavy atom. The molecule has 1 aliphatic heterocycles. The molecule has 1 saturated carbocycles. The van der Waals surface area contributed by atoms with Gasteiger partial charge in [0.05, 0.1) is 17.2 Å². The third kappa shape index (κ3) is 6.86. The highest BCUT2D eigenvalue weighted by Crippen LogP contribution is 2.54. The molecule has 2 fully saturated rings. The summed E-state index contributed by atoms with van der Waals surface area (Å²) in [6.45, 7) is 6.08. The number of carbonyl (C=O) groups is 1. The summed E-state index contributed by atoms with van der Waals surface area (Å²) >= 11 is 12.7. The fraction of sp³-hybridized carbons (Fsp3) is 0.375. The molecule has 0 bridgehead atoms. The molecule has 3 aromatic rings. The van der Waals surface area contributed by atoms with Crippen LogP contribution in [0.1, 0.15) is 61.4 Å². The van der Waals surface area contributed by atoms with E-state index in [4.69, 9.17) is 23.2 Å². The first-order chi connectivity index (χ1) is 19.6. The van der Waals surface area contributed by atoms with Gasteiger partial charge in [-0.3, -0.25) is 9.78 Å². The molecule has 2 aliphatic rings. The van der Waals surface area contributed by atoms with E-state index in [2.05, 4.69) is 22.4 Å². The molecule has 1 amide bonds. The van der Waals surface area contributed by atoms with Crippen molar-refractivity contribution >= 4 is 39.1 Å². The van der Waals surface area contributed by atoms with Crippen LogP contribution in [-0.4, -0.2) is 36.8 Å². The summed E-state index contributed by atoms with van der Waals surface area (Å²) in [7, 11) is -3.69. The van der Waals surface area contributed by atoms with Crippen LogP contribution in [0.5, 0.6) is 0 Å². The number of carbonyl (C=O) groups excluding carboxylic acids is 1. The SMILES string of the molecule is C=CC[C@@]1(C)CC(c2cccc(Cl)c2)[C@@H](c2ccc(Cl)cc2)N([C@H](CNS(=O)(=O)Cc2ccccn2)C2CC2)C1=O. The number of sulfonamides is 1. The number of pyridine rings is 1. The van der Waals surface area contributed by atoms with Crippen LogP contribution < -0.4 is 4.72 Å². The van der Waals surface area contributed by atoms with E-state index in [1.165, 1.54) is 0 Å². The van der Waals surface area contributed by atoms with Gasteiger partial charge < -0.3 is 4.90 Å². The Kier molecular flexibility index (Phi) is 8.90. The summed E-state index contributed by atoms with van der Waals surface area (Å²) in [6.07, 6.45) is 6.36. The average Bonchev–Trinajstić information content (AvgIpc) is 3.77. The fourth-order valence-corrected chi connectivity index (χ4v) is 7.58. The van der Waals surface area contributed by atoms with Gasteiger partial charge in [-0.05, 0) is 79.1 Å². The van der Waals surface area contributed by atoms with Gasteiger partial charge in [0, 0.05) is 34.7 Å². The maximum atomic E-state index is 14.6. The number of benzene rings is 2.